The van der Waals surface area contributed by atoms with Gasteiger partial charge in [-0.2, -0.15) is 0 Å². The van der Waals surface area contributed by atoms with Crippen LogP contribution in [0.1, 0.15) is 43.4 Å². The van der Waals surface area contributed by atoms with E-state index in [1.165, 1.54) is 0 Å². The molecule has 0 spiro atoms. The molecule has 33 heavy (non-hydrogen) atoms. The van der Waals surface area contributed by atoms with Gasteiger partial charge in [0.1, 0.15) is 5.54 Å². The fourth-order valence-corrected chi connectivity index (χ4v) is 4.16. The first-order valence-electron chi connectivity index (χ1n) is 10.9. The third-order valence-electron chi connectivity index (χ3n) is 5.81. The van der Waals surface area contributed by atoms with Gasteiger partial charge in [0.15, 0.2) is 0 Å². The van der Waals surface area contributed by atoms with Crippen LogP contribution in [0.5, 0.6) is 0 Å². The molecule has 4 rings (SSSR count). The van der Waals surface area contributed by atoms with Crippen molar-refractivity contribution in [1.82, 2.24) is 10.4 Å². The van der Waals surface area contributed by atoms with Crippen molar-refractivity contribution in [3.05, 3.63) is 108 Å². The monoisotopic (exact) mass is 442 g/mol. The van der Waals surface area contributed by atoms with Gasteiger partial charge in [0.05, 0.1) is 5.54 Å². The Morgan fingerprint density at radius 1 is 0.727 bits per heavy atom. The summed E-state index contributed by atoms with van der Waals surface area (Å²) in [6.45, 7) is 3.37. The van der Waals surface area contributed by atoms with Gasteiger partial charge in [0, 0.05) is 12.8 Å². The smallest absolute Gasteiger partial charge is 0.328 e. The summed E-state index contributed by atoms with van der Waals surface area (Å²) < 4.78 is 0. The van der Waals surface area contributed by atoms with Crippen molar-refractivity contribution in [2.24, 2.45) is 0 Å². The van der Waals surface area contributed by atoms with Crippen LogP contribution in [0.15, 0.2) is 91.0 Å². The van der Waals surface area contributed by atoms with Gasteiger partial charge in [0.2, 0.25) is 0 Å². The minimum atomic E-state index is -1.27. The fourth-order valence-electron chi connectivity index (χ4n) is 4.16. The number of carbonyl (C=O) groups excluding carboxylic acids is 3. The maximum Gasteiger partial charge on any atom is 0.352 e. The summed E-state index contributed by atoms with van der Waals surface area (Å²) in [5.41, 5.74) is 0.598. The Morgan fingerprint density at radius 3 is 1.45 bits per heavy atom. The number of amides is 2. The molecule has 0 aliphatic carbocycles. The minimum absolute atomic E-state index is 0.0436. The molecule has 1 heterocycles. The molecule has 168 valence electrons. The molecule has 0 saturated carbocycles. The van der Waals surface area contributed by atoms with Gasteiger partial charge < -0.3 is 4.84 Å². The van der Waals surface area contributed by atoms with E-state index in [9.17, 15) is 14.4 Å². The van der Waals surface area contributed by atoms with Crippen molar-refractivity contribution in [3.8, 4) is 0 Å². The molecule has 0 atom stereocenters. The third kappa shape index (κ3) is 4.30. The minimum Gasteiger partial charge on any atom is -0.328 e. The van der Waals surface area contributed by atoms with Crippen molar-refractivity contribution in [2.45, 2.75) is 37.8 Å². The second kappa shape index (κ2) is 9.00. The van der Waals surface area contributed by atoms with Gasteiger partial charge in [-0.1, -0.05) is 91.0 Å². The maximum absolute atomic E-state index is 13.3. The molecule has 0 aromatic heterocycles. The van der Waals surface area contributed by atoms with Crippen LogP contribution in [0.25, 0.3) is 0 Å². The Labute approximate surface area is 193 Å². The summed E-state index contributed by atoms with van der Waals surface area (Å²) in [6.07, 6.45) is 0.0872. The molecule has 6 heteroatoms. The molecule has 3 aromatic carbocycles. The third-order valence-corrected chi connectivity index (χ3v) is 5.81. The number of rotatable bonds is 7. The number of carbonyl (C=O) groups is 3. The van der Waals surface area contributed by atoms with E-state index in [0.29, 0.717) is 5.06 Å². The predicted octanol–water partition coefficient (Wildman–Crippen LogP) is 3.95. The molecule has 2 amide bonds. The van der Waals surface area contributed by atoms with Crippen molar-refractivity contribution in [2.75, 3.05) is 0 Å². The molecule has 6 nitrogen and oxygen atoms in total. The zero-order valence-corrected chi connectivity index (χ0v) is 18.7. The first-order valence-corrected chi connectivity index (χ1v) is 10.9. The maximum atomic E-state index is 13.3. The van der Waals surface area contributed by atoms with E-state index in [-0.39, 0.29) is 12.8 Å². The highest BCUT2D eigenvalue weighted by Gasteiger charge is 2.45. The number of hydrogen-bond donors (Lipinski definition) is 1. The van der Waals surface area contributed by atoms with Crippen LogP contribution < -0.4 is 5.32 Å². The topological polar surface area (TPSA) is 75.7 Å². The van der Waals surface area contributed by atoms with Gasteiger partial charge in [0.25, 0.3) is 11.8 Å². The van der Waals surface area contributed by atoms with Crippen LogP contribution in [0.3, 0.4) is 0 Å². The van der Waals surface area contributed by atoms with Crippen LogP contribution in [-0.2, 0) is 24.8 Å². The SMILES string of the molecule is CC(C)(NC(c1ccccc1)(c1ccccc1)c1ccccc1)C(=O)ON1C(=O)CCC1=O. The Bertz CT molecular complexity index is 1030. The van der Waals surface area contributed by atoms with Crippen molar-refractivity contribution < 1.29 is 19.2 Å². The van der Waals surface area contributed by atoms with E-state index < -0.39 is 28.9 Å². The lowest BCUT2D eigenvalue weighted by Gasteiger charge is -2.42. The van der Waals surface area contributed by atoms with Crippen LogP contribution in [-0.4, -0.2) is 28.4 Å². The normalized spacial score (nSPS) is 14.4. The Morgan fingerprint density at radius 2 is 1.09 bits per heavy atom. The molecule has 1 aliphatic rings. The zero-order chi connectivity index (χ0) is 23.5. The summed E-state index contributed by atoms with van der Waals surface area (Å²) >= 11 is 0. The molecule has 1 N–H and O–H groups in total. The highest BCUT2D eigenvalue weighted by atomic mass is 16.7. The predicted molar refractivity (Wildman–Crippen MR) is 124 cm³/mol. The van der Waals surface area contributed by atoms with E-state index in [4.69, 9.17) is 4.84 Å². The molecule has 0 bridgehead atoms. The molecule has 1 fully saturated rings. The average Bonchev–Trinajstić information content (AvgIpc) is 3.16. The lowest BCUT2D eigenvalue weighted by molar-refractivity contribution is -0.202. The first-order chi connectivity index (χ1) is 15.8. The Kier molecular flexibility index (Phi) is 6.11. The fraction of sp³-hybridized carbons (Fsp3) is 0.222. The molecule has 3 aromatic rings. The number of nitrogens with zero attached hydrogens (tertiary/aromatic N) is 1. The van der Waals surface area contributed by atoms with E-state index in [2.05, 4.69) is 5.32 Å². The first kappa shape index (κ1) is 22.4. The second-order valence-corrected chi connectivity index (χ2v) is 8.56. The van der Waals surface area contributed by atoms with Gasteiger partial charge in [-0.25, -0.2) is 4.79 Å². The van der Waals surface area contributed by atoms with Gasteiger partial charge in [-0.3, -0.25) is 14.9 Å². The summed E-state index contributed by atoms with van der Waals surface area (Å²) in [5, 5.41) is 4.12. The molecular weight excluding hydrogens is 416 g/mol. The van der Waals surface area contributed by atoms with Crippen molar-refractivity contribution in [1.29, 1.82) is 0 Å². The zero-order valence-electron chi connectivity index (χ0n) is 18.7. The second-order valence-electron chi connectivity index (χ2n) is 8.56. The van der Waals surface area contributed by atoms with Gasteiger partial charge in [-0.15, -0.1) is 5.06 Å². The number of nitrogens with one attached hydrogen (secondary N) is 1. The van der Waals surface area contributed by atoms with E-state index in [1.54, 1.807) is 13.8 Å². The molecule has 0 radical (unpaired) electrons. The molecular formula is C27H26N2O4. The lowest BCUT2D eigenvalue weighted by atomic mass is 9.75. The van der Waals surface area contributed by atoms with E-state index >= 15 is 0 Å². The Hall–Kier alpha value is -3.77. The van der Waals surface area contributed by atoms with Crippen LogP contribution in [0, 0.1) is 0 Å². The number of hydrogen-bond acceptors (Lipinski definition) is 5. The summed E-state index contributed by atoms with van der Waals surface area (Å²) in [7, 11) is 0. The quantitative estimate of drug-likeness (QED) is 0.443. The van der Waals surface area contributed by atoms with Crippen molar-refractivity contribution >= 4 is 17.8 Å². The van der Waals surface area contributed by atoms with Crippen molar-refractivity contribution in [3.63, 3.8) is 0 Å². The molecule has 1 saturated heterocycles. The number of hydroxylamine groups is 2. The number of imide groups is 1. The van der Waals surface area contributed by atoms with Crippen LogP contribution >= 0.6 is 0 Å². The average molecular weight is 443 g/mol. The van der Waals surface area contributed by atoms with E-state index in [0.717, 1.165) is 16.7 Å². The summed E-state index contributed by atoms with van der Waals surface area (Å²) in [4.78, 5) is 42.5. The highest BCUT2D eigenvalue weighted by molar-refractivity contribution is 6.02. The van der Waals surface area contributed by atoms with Gasteiger partial charge in [-0.05, 0) is 30.5 Å². The lowest BCUT2D eigenvalue weighted by Crippen LogP contribution is -2.59. The van der Waals surface area contributed by atoms with Crippen LogP contribution in [0.2, 0.25) is 0 Å². The summed E-state index contributed by atoms with van der Waals surface area (Å²) in [6, 6.07) is 29.5. The van der Waals surface area contributed by atoms with Gasteiger partial charge >= 0.3 is 5.97 Å². The molecule has 1 aliphatic heterocycles. The standard InChI is InChI=1S/C27H26N2O4/c1-26(2,25(32)33-29-23(30)18-19-24(29)31)28-27(20-12-6-3-7-13-20,21-14-8-4-9-15-21)22-16-10-5-11-17-22/h3-17,28H,18-19H2,1-2H3. The van der Waals surface area contributed by atoms with Crippen LogP contribution in [0.4, 0.5) is 0 Å². The highest BCUT2D eigenvalue weighted by Crippen LogP contribution is 2.38. The Balaban J connectivity index is 1.82. The number of benzene rings is 3. The van der Waals surface area contributed by atoms with E-state index in [1.807, 2.05) is 91.0 Å². The largest absolute Gasteiger partial charge is 0.352 e. The summed E-state index contributed by atoms with van der Waals surface area (Å²) in [5.74, 6) is -1.74. The molecule has 0 unspecified atom stereocenters.